The number of ether oxygens (including phenoxy) is 2. The zero-order valence-corrected chi connectivity index (χ0v) is 13.3. The topological polar surface area (TPSA) is 51.7 Å². The third-order valence-electron chi connectivity index (χ3n) is 3.35. The van der Waals surface area contributed by atoms with Gasteiger partial charge in [0.1, 0.15) is 5.60 Å². The number of hydrogen-bond donors (Lipinski definition) is 0. The maximum absolute atomic E-state index is 12.0. The molecule has 5 nitrogen and oxygen atoms in total. The molecule has 1 aliphatic heterocycles. The Kier molecular flexibility index (Phi) is 4.70. The number of carbonyl (C=O) groups excluding carboxylic acids is 1. The van der Waals surface area contributed by atoms with Gasteiger partial charge < -0.3 is 14.4 Å². The van der Waals surface area contributed by atoms with Gasteiger partial charge in [-0.25, -0.2) is 9.78 Å². The Balaban J connectivity index is 1.80. The molecule has 2 rings (SSSR count). The predicted octanol–water partition coefficient (Wildman–Crippen LogP) is 3.03. The molecule has 0 bridgehead atoms. The second-order valence-electron chi connectivity index (χ2n) is 6.52. The number of likely N-dealkylation sites (tertiary alicyclic amines) is 1. The van der Waals surface area contributed by atoms with Crippen LogP contribution < -0.4 is 4.74 Å². The first-order valence-electron chi connectivity index (χ1n) is 7.37. The number of aromatic nitrogens is 1. The summed E-state index contributed by atoms with van der Waals surface area (Å²) in [4.78, 5) is 18.0. The number of rotatable bonds is 3. The zero-order valence-electron chi connectivity index (χ0n) is 13.3. The van der Waals surface area contributed by atoms with Crippen molar-refractivity contribution in [2.24, 2.45) is 5.92 Å². The molecule has 1 aromatic heterocycles. The second-order valence-corrected chi connectivity index (χ2v) is 6.52. The van der Waals surface area contributed by atoms with Gasteiger partial charge in [0.15, 0.2) is 0 Å². The summed E-state index contributed by atoms with van der Waals surface area (Å²) in [7, 11) is 0. The molecule has 116 valence electrons. The molecule has 0 aromatic carbocycles. The minimum atomic E-state index is -0.448. The molecule has 1 fully saturated rings. The third-order valence-corrected chi connectivity index (χ3v) is 3.35. The molecule has 0 aliphatic carbocycles. The predicted molar refractivity (Wildman–Crippen MR) is 80.4 cm³/mol. The van der Waals surface area contributed by atoms with Gasteiger partial charge in [-0.2, -0.15) is 0 Å². The zero-order chi connectivity index (χ0) is 15.5. The maximum Gasteiger partial charge on any atom is 0.410 e. The Morgan fingerprint density at radius 2 is 2.24 bits per heavy atom. The van der Waals surface area contributed by atoms with Crippen LogP contribution in [0.4, 0.5) is 4.79 Å². The van der Waals surface area contributed by atoms with Crippen LogP contribution in [0.5, 0.6) is 5.88 Å². The molecule has 21 heavy (non-hydrogen) atoms. The van der Waals surface area contributed by atoms with Crippen LogP contribution in [0.25, 0.3) is 0 Å². The van der Waals surface area contributed by atoms with E-state index in [9.17, 15) is 4.79 Å². The lowest BCUT2D eigenvalue weighted by Crippen LogP contribution is -2.35. The minimum absolute atomic E-state index is 0.237. The van der Waals surface area contributed by atoms with Crippen LogP contribution in [0, 0.1) is 12.8 Å². The Hall–Kier alpha value is -1.78. The molecule has 1 aromatic rings. The van der Waals surface area contributed by atoms with Crippen LogP contribution in [-0.4, -0.2) is 41.3 Å². The first-order chi connectivity index (χ1) is 9.85. The van der Waals surface area contributed by atoms with E-state index >= 15 is 0 Å². The molecular formula is C16H24N2O3. The number of aryl methyl sites for hydroxylation is 1. The highest BCUT2D eigenvalue weighted by Crippen LogP contribution is 2.21. The van der Waals surface area contributed by atoms with Gasteiger partial charge in [-0.3, -0.25) is 0 Å². The fraction of sp³-hybridized carbons (Fsp3) is 0.625. The Bertz CT molecular complexity index is 497. The molecule has 1 atom stereocenters. The van der Waals surface area contributed by atoms with Gasteiger partial charge >= 0.3 is 6.09 Å². The van der Waals surface area contributed by atoms with E-state index in [0.717, 1.165) is 18.5 Å². The lowest BCUT2D eigenvalue weighted by Gasteiger charge is -2.24. The smallest absolute Gasteiger partial charge is 0.410 e. The number of carbonyl (C=O) groups is 1. The molecular weight excluding hydrogens is 268 g/mol. The van der Waals surface area contributed by atoms with Crippen LogP contribution in [0.3, 0.4) is 0 Å². The largest absolute Gasteiger partial charge is 0.477 e. The van der Waals surface area contributed by atoms with E-state index in [2.05, 4.69) is 4.98 Å². The van der Waals surface area contributed by atoms with Gasteiger partial charge in [-0.15, -0.1) is 0 Å². The van der Waals surface area contributed by atoms with Gasteiger partial charge in [0.2, 0.25) is 5.88 Å². The number of pyridine rings is 1. The summed E-state index contributed by atoms with van der Waals surface area (Å²) in [6.07, 6.45) is 2.42. The molecule has 0 spiro atoms. The van der Waals surface area contributed by atoms with Crippen molar-refractivity contribution < 1.29 is 14.3 Å². The van der Waals surface area contributed by atoms with Crippen molar-refractivity contribution in [1.29, 1.82) is 0 Å². The molecule has 0 unspecified atom stereocenters. The van der Waals surface area contributed by atoms with Crippen LogP contribution in [0.15, 0.2) is 18.3 Å². The lowest BCUT2D eigenvalue weighted by molar-refractivity contribution is 0.0284. The monoisotopic (exact) mass is 292 g/mol. The molecule has 1 amide bonds. The van der Waals surface area contributed by atoms with Gasteiger partial charge in [0.05, 0.1) is 6.61 Å². The van der Waals surface area contributed by atoms with Crippen LogP contribution in [0.1, 0.15) is 32.8 Å². The maximum atomic E-state index is 12.0. The molecule has 2 heterocycles. The van der Waals surface area contributed by atoms with Crippen molar-refractivity contribution >= 4 is 6.09 Å². The van der Waals surface area contributed by atoms with Gasteiger partial charge in [0, 0.05) is 30.8 Å². The van der Waals surface area contributed by atoms with E-state index in [1.54, 1.807) is 11.1 Å². The first kappa shape index (κ1) is 15.6. The Labute approximate surface area is 126 Å². The highest BCUT2D eigenvalue weighted by Gasteiger charge is 2.30. The van der Waals surface area contributed by atoms with Gasteiger partial charge in [-0.1, -0.05) is 6.07 Å². The Morgan fingerprint density at radius 1 is 1.48 bits per heavy atom. The van der Waals surface area contributed by atoms with Crippen molar-refractivity contribution in [1.82, 2.24) is 9.88 Å². The molecule has 1 aliphatic rings. The van der Waals surface area contributed by atoms with E-state index < -0.39 is 5.60 Å². The van der Waals surface area contributed by atoms with E-state index in [0.29, 0.717) is 24.9 Å². The van der Waals surface area contributed by atoms with E-state index in [1.165, 1.54) is 0 Å². The third kappa shape index (κ3) is 4.62. The van der Waals surface area contributed by atoms with Crippen molar-refractivity contribution in [3.8, 4) is 5.88 Å². The molecule has 0 N–H and O–H groups in total. The second kappa shape index (κ2) is 6.33. The summed E-state index contributed by atoms with van der Waals surface area (Å²) in [5.74, 6) is 1.01. The number of hydrogen-bond acceptors (Lipinski definition) is 4. The quantitative estimate of drug-likeness (QED) is 0.859. The molecule has 0 radical (unpaired) electrons. The highest BCUT2D eigenvalue weighted by atomic mass is 16.6. The van der Waals surface area contributed by atoms with Gasteiger partial charge in [-0.05, 0) is 40.2 Å². The van der Waals surface area contributed by atoms with Crippen molar-refractivity contribution in [3.63, 3.8) is 0 Å². The van der Waals surface area contributed by atoms with Crippen molar-refractivity contribution in [2.75, 3.05) is 19.7 Å². The average molecular weight is 292 g/mol. The van der Waals surface area contributed by atoms with Gasteiger partial charge in [0.25, 0.3) is 0 Å². The first-order valence-corrected chi connectivity index (χ1v) is 7.37. The summed E-state index contributed by atoms with van der Waals surface area (Å²) in [5.41, 5.74) is 0.580. The standard InChI is InChI=1S/C16H24N2O3/c1-12-6-5-8-17-14(12)20-11-13-7-9-18(10-13)15(19)21-16(2,3)4/h5-6,8,13H,7,9-11H2,1-4H3/t13-/m1/s1. The van der Waals surface area contributed by atoms with E-state index in [4.69, 9.17) is 9.47 Å². The fourth-order valence-corrected chi connectivity index (χ4v) is 2.28. The van der Waals surface area contributed by atoms with Crippen molar-refractivity contribution in [2.45, 2.75) is 39.7 Å². The van der Waals surface area contributed by atoms with E-state index in [1.807, 2.05) is 39.8 Å². The minimum Gasteiger partial charge on any atom is -0.477 e. The summed E-state index contributed by atoms with van der Waals surface area (Å²) >= 11 is 0. The van der Waals surface area contributed by atoms with Crippen molar-refractivity contribution in [3.05, 3.63) is 23.9 Å². The summed E-state index contributed by atoms with van der Waals surface area (Å²) < 4.78 is 11.1. The molecule has 1 saturated heterocycles. The molecule has 5 heteroatoms. The normalized spacial score (nSPS) is 18.7. The fourth-order valence-electron chi connectivity index (χ4n) is 2.28. The summed E-state index contributed by atoms with van der Waals surface area (Å²) in [6, 6.07) is 3.87. The highest BCUT2D eigenvalue weighted by molar-refractivity contribution is 5.68. The van der Waals surface area contributed by atoms with Crippen LogP contribution in [0.2, 0.25) is 0 Å². The Morgan fingerprint density at radius 3 is 2.90 bits per heavy atom. The van der Waals surface area contributed by atoms with E-state index in [-0.39, 0.29) is 6.09 Å². The van der Waals surface area contributed by atoms with Crippen LogP contribution >= 0.6 is 0 Å². The number of amides is 1. The number of nitrogens with zero attached hydrogens (tertiary/aromatic N) is 2. The summed E-state index contributed by atoms with van der Waals surface area (Å²) in [5, 5.41) is 0. The average Bonchev–Trinajstić information content (AvgIpc) is 2.85. The van der Waals surface area contributed by atoms with Crippen LogP contribution in [-0.2, 0) is 4.74 Å². The summed E-state index contributed by atoms with van der Waals surface area (Å²) in [6.45, 7) is 9.61. The SMILES string of the molecule is Cc1cccnc1OC[C@@H]1CCN(C(=O)OC(C)(C)C)C1. The molecule has 0 saturated carbocycles. The lowest BCUT2D eigenvalue weighted by atomic mass is 10.1.